The molecule has 1 fully saturated rings. The maximum atomic E-state index is 10.5. The first-order valence-corrected chi connectivity index (χ1v) is 10.9. The highest BCUT2D eigenvalue weighted by Gasteiger charge is 2.21. The number of carboxylic acids is 2. The first kappa shape index (κ1) is 25.5. The number of carboxylic acid groups (broad SMARTS) is 2. The van der Waals surface area contributed by atoms with Gasteiger partial charge >= 0.3 is 11.9 Å². The molecule has 7 heteroatoms. The number of aryl methyl sites for hydroxylation is 1. The molecule has 32 heavy (non-hydrogen) atoms. The van der Waals surface area contributed by atoms with E-state index in [1.165, 1.54) is 18.4 Å². The Morgan fingerprint density at radius 2 is 1.69 bits per heavy atom. The highest BCUT2D eigenvalue weighted by molar-refractivity contribution is 6.27. The van der Waals surface area contributed by atoms with Crippen molar-refractivity contribution in [1.29, 1.82) is 0 Å². The van der Waals surface area contributed by atoms with E-state index < -0.39 is 18.0 Å². The lowest BCUT2D eigenvalue weighted by Gasteiger charge is -2.32. The molecule has 174 valence electrons. The van der Waals surface area contributed by atoms with Crippen LogP contribution in [-0.4, -0.2) is 64.5 Å². The highest BCUT2D eigenvalue weighted by Crippen LogP contribution is 2.28. The Bertz CT molecular complexity index is 845. The number of nitrogens with zero attached hydrogens (tertiary/aromatic N) is 1. The van der Waals surface area contributed by atoms with E-state index in [9.17, 15) is 5.11 Å². The quantitative estimate of drug-likeness (QED) is 0.563. The van der Waals surface area contributed by atoms with Gasteiger partial charge in [0.1, 0.15) is 6.10 Å². The van der Waals surface area contributed by atoms with Gasteiger partial charge in [0.25, 0.3) is 0 Å². The number of aliphatic carboxylic acids is 2. The fourth-order valence-electron chi connectivity index (χ4n) is 3.88. The first-order valence-electron chi connectivity index (χ1n) is 10.9. The number of ether oxygens (including phenoxy) is 1. The summed E-state index contributed by atoms with van der Waals surface area (Å²) >= 11 is 0. The third kappa shape index (κ3) is 8.42. The van der Waals surface area contributed by atoms with Gasteiger partial charge in [0.15, 0.2) is 0 Å². The molecule has 0 amide bonds. The summed E-state index contributed by atoms with van der Waals surface area (Å²) < 4.78 is 6.25. The van der Waals surface area contributed by atoms with E-state index in [0.29, 0.717) is 13.2 Å². The summed E-state index contributed by atoms with van der Waals surface area (Å²) in [6.07, 6.45) is 1.92. The average Bonchev–Trinajstić information content (AvgIpc) is 2.76. The Kier molecular flexibility index (Phi) is 10.3. The monoisotopic (exact) mass is 443 g/mol. The van der Waals surface area contributed by atoms with Crippen molar-refractivity contribution in [3.8, 4) is 0 Å². The third-order valence-corrected chi connectivity index (χ3v) is 5.42. The average molecular weight is 444 g/mol. The molecule has 1 aliphatic heterocycles. The summed E-state index contributed by atoms with van der Waals surface area (Å²) in [6.45, 7) is 7.61. The van der Waals surface area contributed by atoms with Gasteiger partial charge in [0, 0.05) is 13.1 Å². The summed E-state index contributed by atoms with van der Waals surface area (Å²) in [5.74, 6) is -2.93. The van der Waals surface area contributed by atoms with Crippen LogP contribution in [0.2, 0.25) is 0 Å². The summed E-state index contributed by atoms with van der Waals surface area (Å²) in [7, 11) is 0. The Balaban J connectivity index is 0.000000534. The van der Waals surface area contributed by atoms with Crippen molar-refractivity contribution in [2.24, 2.45) is 5.92 Å². The largest absolute Gasteiger partial charge is 0.473 e. The predicted molar refractivity (Wildman–Crippen MR) is 122 cm³/mol. The SMILES string of the molecule is Cc1ccccc1C(OCC(O)CN1CCCC(C)C1)c1ccccc1.O=C(O)C(=O)O. The molecular weight excluding hydrogens is 410 g/mol. The number of hydrogen-bond donors (Lipinski definition) is 3. The topological polar surface area (TPSA) is 107 Å². The number of piperidine rings is 1. The molecule has 1 heterocycles. The lowest BCUT2D eigenvalue weighted by Crippen LogP contribution is -2.41. The number of aliphatic hydroxyl groups excluding tert-OH is 1. The lowest BCUT2D eigenvalue weighted by atomic mass is 9.97. The van der Waals surface area contributed by atoms with Crippen LogP contribution in [0.4, 0.5) is 0 Å². The number of benzene rings is 2. The van der Waals surface area contributed by atoms with Crippen LogP contribution in [0, 0.1) is 12.8 Å². The second-order valence-corrected chi connectivity index (χ2v) is 8.25. The van der Waals surface area contributed by atoms with Gasteiger partial charge < -0.3 is 25.0 Å². The molecule has 1 saturated heterocycles. The number of likely N-dealkylation sites (tertiary alicyclic amines) is 1. The normalized spacial score (nSPS) is 18.2. The van der Waals surface area contributed by atoms with Crippen LogP contribution < -0.4 is 0 Å². The van der Waals surface area contributed by atoms with Crippen molar-refractivity contribution < 1.29 is 29.6 Å². The van der Waals surface area contributed by atoms with Gasteiger partial charge in [0.05, 0.1) is 12.7 Å². The third-order valence-electron chi connectivity index (χ3n) is 5.42. The van der Waals surface area contributed by atoms with E-state index in [1.807, 2.05) is 30.3 Å². The van der Waals surface area contributed by atoms with Crippen molar-refractivity contribution in [3.63, 3.8) is 0 Å². The second kappa shape index (κ2) is 13.0. The summed E-state index contributed by atoms with van der Waals surface area (Å²) in [6, 6.07) is 18.6. The smallest absolute Gasteiger partial charge is 0.414 e. The van der Waals surface area contributed by atoms with Gasteiger partial charge in [-0.25, -0.2) is 9.59 Å². The van der Waals surface area contributed by atoms with Gasteiger partial charge in [-0.3, -0.25) is 0 Å². The van der Waals surface area contributed by atoms with Gasteiger partial charge in [0.2, 0.25) is 0 Å². The minimum Gasteiger partial charge on any atom is -0.473 e. The Hall–Kier alpha value is -2.74. The first-order chi connectivity index (χ1) is 15.3. The Morgan fingerprint density at radius 1 is 1.06 bits per heavy atom. The number of β-amino-alcohol motifs (C(OH)–C–C–N with tert-alkyl or cyclic N) is 1. The second-order valence-electron chi connectivity index (χ2n) is 8.25. The molecule has 7 nitrogen and oxygen atoms in total. The van der Waals surface area contributed by atoms with Gasteiger partial charge in [-0.1, -0.05) is 61.5 Å². The van der Waals surface area contributed by atoms with Gasteiger partial charge in [-0.15, -0.1) is 0 Å². The molecule has 0 spiro atoms. The fraction of sp³-hybridized carbons (Fsp3) is 0.440. The standard InChI is InChI=1S/C23H31NO2.C2H2O4/c1-18-9-8-14-24(15-18)16-21(25)17-26-23(20-11-4-3-5-12-20)22-13-7-6-10-19(22)2;3-1(4)2(5)6/h3-7,10-13,18,21,23,25H,8-9,14-17H2,1-2H3;(H,3,4)(H,5,6). The van der Waals surface area contributed by atoms with E-state index >= 15 is 0 Å². The van der Waals surface area contributed by atoms with E-state index in [4.69, 9.17) is 24.5 Å². The number of aliphatic hydroxyl groups is 1. The zero-order valence-electron chi connectivity index (χ0n) is 18.7. The van der Waals surface area contributed by atoms with Crippen LogP contribution in [0.3, 0.4) is 0 Å². The number of hydrogen-bond acceptors (Lipinski definition) is 5. The molecular formula is C25H33NO6. The molecule has 0 bridgehead atoms. The van der Waals surface area contributed by atoms with Crippen LogP contribution in [0.15, 0.2) is 54.6 Å². The predicted octanol–water partition coefficient (Wildman–Crippen LogP) is 3.35. The van der Waals surface area contributed by atoms with Crippen LogP contribution >= 0.6 is 0 Å². The molecule has 0 saturated carbocycles. The maximum Gasteiger partial charge on any atom is 0.414 e. The Morgan fingerprint density at radius 3 is 2.28 bits per heavy atom. The minimum absolute atomic E-state index is 0.146. The van der Waals surface area contributed by atoms with Crippen molar-refractivity contribution in [2.75, 3.05) is 26.2 Å². The molecule has 2 aromatic carbocycles. The molecule has 3 unspecified atom stereocenters. The summed E-state index contributed by atoms with van der Waals surface area (Å²) in [5, 5.41) is 25.3. The van der Waals surface area contributed by atoms with Crippen molar-refractivity contribution >= 4 is 11.9 Å². The molecule has 3 atom stereocenters. The van der Waals surface area contributed by atoms with E-state index in [2.05, 4.69) is 43.0 Å². The number of rotatable bonds is 7. The maximum absolute atomic E-state index is 10.5. The summed E-state index contributed by atoms with van der Waals surface area (Å²) in [4.78, 5) is 20.6. The van der Waals surface area contributed by atoms with E-state index in [0.717, 1.165) is 30.1 Å². The zero-order valence-corrected chi connectivity index (χ0v) is 18.7. The molecule has 1 aliphatic rings. The van der Waals surface area contributed by atoms with Gasteiger partial charge in [-0.05, 0) is 48.9 Å². The van der Waals surface area contributed by atoms with E-state index in [-0.39, 0.29) is 6.10 Å². The fourth-order valence-corrected chi connectivity index (χ4v) is 3.88. The van der Waals surface area contributed by atoms with Crippen molar-refractivity contribution in [2.45, 2.75) is 38.9 Å². The number of carbonyl (C=O) groups is 2. The van der Waals surface area contributed by atoms with Crippen molar-refractivity contribution in [3.05, 3.63) is 71.3 Å². The van der Waals surface area contributed by atoms with E-state index in [1.54, 1.807) is 0 Å². The molecule has 0 aliphatic carbocycles. The Labute approximate surface area is 189 Å². The van der Waals surface area contributed by atoms with Crippen LogP contribution in [-0.2, 0) is 14.3 Å². The molecule has 3 N–H and O–H groups in total. The van der Waals surface area contributed by atoms with Crippen molar-refractivity contribution in [1.82, 2.24) is 4.90 Å². The summed E-state index contributed by atoms with van der Waals surface area (Å²) in [5.41, 5.74) is 3.50. The van der Waals surface area contributed by atoms with Crippen LogP contribution in [0.1, 0.15) is 42.6 Å². The molecule has 3 rings (SSSR count). The lowest BCUT2D eigenvalue weighted by molar-refractivity contribution is -0.159. The van der Waals surface area contributed by atoms with Crippen LogP contribution in [0.25, 0.3) is 0 Å². The molecule has 2 aromatic rings. The van der Waals surface area contributed by atoms with Gasteiger partial charge in [-0.2, -0.15) is 0 Å². The zero-order chi connectivity index (χ0) is 23.5. The molecule has 0 aromatic heterocycles. The highest BCUT2D eigenvalue weighted by atomic mass is 16.5. The molecule has 0 radical (unpaired) electrons. The minimum atomic E-state index is -1.82. The van der Waals surface area contributed by atoms with Crippen LogP contribution in [0.5, 0.6) is 0 Å².